The van der Waals surface area contributed by atoms with Gasteiger partial charge >= 0.3 is 6.09 Å². The summed E-state index contributed by atoms with van der Waals surface area (Å²) >= 11 is 5.94. The fourth-order valence-corrected chi connectivity index (χ4v) is 6.99. The van der Waals surface area contributed by atoms with Crippen molar-refractivity contribution in [3.05, 3.63) is 71.8 Å². The van der Waals surface area contributed by atoms with Crippen LogP contribution in [0.15, 0.2) is 60.9 Å². The van der Waals surface area contributed by atoms with Crippen molar-refractivity contribution in [1.29, 1.82) is 0 Å². The summed E-state index contributed by atoms with van der Waals surface area (Å²) in [5.74, 6) is 0.199. The summed E-state index contributed by atoms with van der Waals surface area (Å²) in [4.78, 5) is 58.6. The van der Waals surface area contributed by atoms with Gasteiger partial charge in [0.15, 0.2) is 5.82 Å². The number of hydrogen-bond acceptors (Lipinski definition) is 11. The second-order valence-corrected chi connectivity index (χ2v) is 15.6. The van der Waals surface area contributed by atoms with Gasteiger partial charge in [-0.1, -0.05) is 24.3 Å². The zero-order chi connectivity index (χ0) is 38.4. The van der Waals surface area contributed by atoms with Gasteiger partial charge in [0.05, 0.1) is 11.7 Å². The van der Waals surface area contributed by atoms with Crippen LogP contribution in [0.4, 0.5) is 16.4 Å². The van der Waals surface area contributed by atoms with Gasteiger partial charge in [-0.2, -0.15) is 0 Å². The highest BCUT2D eigenvalue weighted by Gasteiger charge is 2.35. The van der Waals surface area contributed by atoms with Gasteiger partial charge in [-0.25, -0.2) is 19.7 Å². The van der Waals surface area contributed by atoms with Crippen molar-refractivity contribution in [3.63, 3.8) is 0 Å². The van der Waals surface area contributed by atoms with E-state index in [1.807, 2.05) is 57.4 Å². The molecule has 2 fully saturated rings. The minimum atomic E-state index is -0.998. The molecule has 6 rings (SSSR count). The average molecular weight is 757 g/mol. The minimum Gasteiger partial charge on any atom is -0.444 e. The Kier molecular flexibility index (Phi) is 12.2. The van der Waals surface area contributed by atoms with Crippen LogP contribution in [-0.4, -0.2) is 99.4 Å². The number of likely N-dealkylation sites (N-methyl/N-ethyl adjacent to an activating group) is 1. The molecule has 0 unspecified atom stereocenters. The number of hydrogen-bond donors (Lipinski definition) is 3. The van der Waals surface area contributed by atoms with Crippen molar-refractivity contribution in [2.24, 2.45) is 17.6 Å². The number of carbonyl (C=O) groups is 3. The maximum absolute atomic E-state index is 14.3. The quantitative estimate of drug-likeness (QED) is 0.197. The molecule has 2 aromatic heterocycles. The van der Waals surface area contributed by atoms with E-state index in [4.69, 9.17) is 22.1 Å². The molecule has 14 nitrogen and oxygen atoms in total. The Bertz CT molecular complexity index is 1900. The van der Waals surface area contributed by atoms with Crippen LogP contribution in [0, 0.1) is 11.8 Å². The predicted molar refractivity (Wildman–Crippen MR) is 208 cm³/mol. The maximum Gasteiger partial charge on any atom is 0.407 e. The zero-order valence-electron chi connectivity index (χ0n) is 31.3. The molecule has 1 saturated heterocycles. The molecule has 286 valence electrons. The van der Waals surface area contributed by atoms with Gasteiger partial charge in [-0.3, -0.25) is 9.59 Å². The van der Waals surface area contributed by atoms with Crippen LogP contribution in [0.2, 0.25) is 5.28 Å². The Balaban J connectivity index is 1.15. The highest BCUT2D eigenvalue weighted by Crippen LogP contribution is 2.32. The number of alkyl carbamates (subject to hydrolysis) is 1. The number of nitrogens with two attached hydrogens (primary N) is 1. The molecular formula is C39H49ClN10O4. The molecule has 1 atom stereocenters. The molecule has 3 heterocycles. The van der Waals surface area contributed by atoms with E-state index in [1.54, 1.807) is 24.3 Å². The summed E-state index contributed by atoms with van der Waals surface area (Å²) < 4.78 is 5.37. The monoisotopic (exact) mass is 756 g/mol. The van der Waals surface area contributed by atoms with Gasteiger partial charge in [-0.15, -0.1) is 10.2 Å². The first-order chi connectivity index (χ1) is 25.8. The first kappa shape index (κ1) is 38.8. The van der Waals surface area contributed by atoms with Crippen molar-refractivity contribution < 1.29 is 19.1 Å². The van der Waals surface area contributed by atoms with E-state index in [2.05, 4.69) is 47.3 Å². The molecule has 15 heteroatoms. The largest absolute Gasteiger partial charge is 0.444 e. The molecule has 4 N–H and O–H groups in total. The van der Waals surface area contributed by atoms with Crippen LogP contribution < -0.4 is 20.9 Å². The van der Waals surface area contributed by atoms with Gasteiger partial charge < -0.3 is 30.6 Å². The average Bonchev–Trinajstić information content (AvgIpc) is 3.60. The van der Waals surface area contributed by atoms with Crippen molar-refractivity contribution in [2.45, 2.75) is 64.5 Å². The topological polar surface area (TPSA) is 176 Å². The summed E-state index contributed by atoms with van der Waals surface area (Å²) in [6.45, 7) is 9.62. The fourth-order valence-electron chi connectivity index (χ4n) is 6.87. The maximum atomic E-state index is 14.3. The second-order valence-electron chi connectivity index (χ2n) is 15.2. The molecule has 3 amide bonds. The van der Waals surface area contributed by atoms with Crippen molar-refractivity contribution in [3.8, 4) is 22.5 Å². The molecule has 0 radical (unpaired) electrons. The van der Waals surface area contributed by atoms with Crippen LogP contribution in [0.5, 0.6) is 0 Å². The van der Waals surface area contributed by atoms with Crippen molar-refractivity contribution in [2.75, 3.05) is 49.6 Å². The molecule has 0 spiro atoms. The smallest absolute Gasteiger partial charge is 0.407 e. The molecule has 4 aromatic rings. The number of nitrogens with one attached hydrogen (secondary N) is 2. The molecule has 2 aliphatic rings. The first-order valence-electron chi connectivity index (χ1n) is 18.5. The van der Waals surface area contributed by atoms with E-state index in [0.717, 1.165) is 55.7 Å². The first-order valence-corrected chi connectivity index (χ1v) is 18.8. The number of nitrogens with zero attached hydrogens (tertiary/aromatic N) is 7. The van der Waals surface area contributed by atoms with Gasteiger partial charge in [0, 0.05) is 62.2 Å². The van der Waals surface area contributed by atoms with Gasteiger partial charge in [-0.05, 0) is 113 Å². The number of anilines is 2. The molecule has 2 aromatic carbocycles. The number of H-pyrrole nitrogens is 1. The van der Waals surface area contributed by atoms with Gasteiger partial charge in [0.1, 0.15) is 5.60 Å². The summed E-state index contributed by atoms with van der Waals surface area (Å²) in [6, 6.07) is 13.7. The lowest BCUT2D eigenvalue weighted by molar-refractivity contribution is -0.130. The molecule has 0 bridgehead atoms. The zero-order valence-corrected chi connectivity index (χ0v) is 32.1. The summed E-state index contributed by atoms with van der Waals surface area (Å²) in [7, 11) is 2.11. The summed E-state index contributed by atoms with van der Waals surface area (Å²) in [5.41, 5.74) is 9.78. The SMILES string of the molecule is CN1CCN(c2ncc(-c3cccc(C[C@H](N)C(=O)N(c4ccc(-c5nnc(Cl)[nH]5)cc4)C(=O)[C@H]4CC[C@H](CNC(=O)OC(C)(C)C)CC4)c3)cn2)CC1. The Morgan fingerprint density at radius 1 is 0.963 bits per heavy atom. The fraction of sp³-hybridized carbons (Fsp3) is 0.462. The Morgan fingerprint density at radius 3 is 2.28 bits per heavy atom. The number of benzene rings is 2. The highest BCUT2D eigenvalue weighted by atomic mass is 35.5. The number of piperazine rings is 1. The van der Waals surface area contributed by atoms with Crippen LogP contribution in [0.1, 0.15) is 52.0 Å². The molecule has 1 aliphatic heterocycles. The Morgan fingerprint density at radius 2 is 1.65 bits per heavy atom. The summed E-state index contributed by atoms with van der Waals surface area (Å²) in [6.07, 6.45) is 6.00. The number of rotatable bonds is 10. The van der Waals surface area contributed by atoms with Gasteiger partial charge in [0.2, 0.25) is 17.1 Å². The van der Waals surface area contributed by atoms with Gasteiger partial charge in [0.25, 0.3) is 5.91 Å². The normalized spacial score (nSPS) is 18.5. The number of halogens is 1. The predicted octanol–water partition coefficient (Wildman–Crippen LogP) is 5.09. The van der Waals surface area contributed by atoms with E-state index in [0.29, 0.717) is 42.4 Å². The molecule has 1 aliphatic carbocycles. The van der Waals surface area contributed by atoms with E-state index in [9.17, 15) is 14.4 Å². The van der Waals surface area contributed by atoms with E-state index >= 15 is 0 Å². The lowest BCUT2D eigenvalue weighted by Crippen LogP contribution is -2.50. The number of aromatic nitrogens is 5. The number of aromatic amines is 1. The van der Waals surface area contributed by atoms with Crippen LogP contribution >= 0.6 is 11.6 Å². The third-order valence-electron chi connectivity index (χ3n) is 9.89. The highest BCUT2D eigenvalue weighted by molar-refractivity contribution is 6.28. The third-order valence-corrected chi connectivity index (χ3v) is 10.1. The van der Waals surface area contributed by atoms with Crippen LogP contribution in [-0.2, 0) is 20.7 Å². The van der Waals surface area contributed by atoms with E-state index in [1.165, 1.54) is 4.90 Å². The Hall–Kier alpha value is -4.92. The van der Waals surface area contributed by atoms with E-state index in [-0.39, 0.29) is 29.4 Å². The number of amides is 3. The number of ether oxygens (including phenoxy) is 1. The minimum absolute atomic E-state index is 0.156. The third kappa shape index (κ3) is 9.98. The van der Waals surface area contributed by atoms with Crippen molar-refractivity contribution in [1.82, 2.24) is 35.4 Å². The second kappa shape index (κ2) is 17.0. The van der Waals surface area contributed by atoms with Crippen LogP contribution in [0.3, 0.4) is 0 Å². The molecule has 1 saturated carbocycles. The standard InChI is InChI=1S/C39H49ClN10O4/c1-39(2,3)54-38(53)44-22-25-8-10-28(11-9-25)34(51)50(31-14-12-27(13-15-31)33-45-36(40)47-46-33)35(52)32(41)21-26-6-5-7-29(20-26)30-23-42-37(43-24-30)49-18-16-48(4)17-19-49/h5-7,12-15,20,23-25,28,32H,8-11,16-19,21-22,41H2,1-4H3,(H,44,53)(H,45,46,47)/t25-,28-,32-/m0/s1. The van der Waals surface area contributed by atoms with E-state index < -0.39 is 23.6 Å². The number of imide groups is 1. The summed E-state index contributed by atoms with van der Waals surface area (Å²) in [5, 5.41) is 10.9. The Labute approximate surface area is 320 Å². The molecule has 54 heavy (non-hydrogen) atoms. The lowest BCUT2D eigenvalue weighted by Gasteiger charge is -2.32. The van der Waals surface area contributed by atoms with Crippen LogP contribution in [0.25, 0.3) is 22.5 Å². The van der Waals surface area contributed by atoms with Crippen molar-refractivity contribution >= 4 is 41.1 Å². The lowest BCUT2D eigenvalue weighted by atomic mass is 9.81. The number of carbonyl (C=O) groups excluding carboxylic acids is 3. The molecular weight excluding hydrogens is 708 g/mol.